The fraction of sp³-hybridized carbons (Fsp3) is 0.500. The first-order valence-electron chi connectivity index (χ1n) is 4.20. The van der Waals surface area contributed by atoms with Crippen molar-refractivity contribution in [3.8, 4) is 0 Å². The lowest BCUT2D eigenvalue weighted by Gasteiger charge is -2.27. The van der Waals surface area contributed by atoms with Crippen molar-refractivity contribution in [2.45, 2.75) is 19.3 Å². The summed E-state index contributed by atoms with van der Waals surface area (Å²) in [6.07, 6.45) is 3.71. The molecule has 0 aromatic carbocycles. The van der Waals surface area contributed by atoms with Crippen molar-refractivity contribution in [1.82, 2.24) is 4.90 Å². The third kappa shape index (κ3) is 2.47. The van der Waals surface area contributed by atoms with E-state index in [1.807, 2.05) is 6.08 Å². The Hall–Kier alpha value is -1.52. The number of carbonyl (C=O) groups excluding carboxylic acids is 1. The first kappa shape index (κ1) is 9.57. The van der Waals surface area contributed by atoms with Crippen LogP contribution in [0.15, 0.2) is 11.9 Å². The maximum Gasteiger partial charge on any atom is 0.224 e. The average molecular weight is 182 g/mol. The Balaban J connectivity index is 2.60. The quantitative estimate of drug-likeness (QED) is 0.405. The molecule has 0 atom stereocenters. The molecule has 72 valence electrons. The molecule has 0 saturated heterocycles. The minimum Gasteiger partial charge on any atom is -0.385 e. The highest BCUT2D eigenvalue weighted by Gasteiger charge is 2.16. The maximum atomic E-state index is 10.6. The van der Waals surface area contributed by atoms with Crippen LogP contribution >= 0.6 is 0 Å². The summed E-state index contributed by atoms with van der Waals surface area (Å²) in [4.78, 5) is 12.2. The SMILES string of the molecule is N=C(CC(N)=O)N1CCCC=C1N. The molecule has 0 aliphatic carbocycles. The van der Waals surface area contributed by atoms with Crippen LogP contribution in [-0.2, 0) is 4.79 Å². The van der Waals surface area contributed by atoms with Crippen molar-refractivity contribution in [3.63, 3.8) is 0 Å². The molecule has 13 heavy (non-hydrogen) atoms. The predicted octanol–water partition coefficient (Wildman–Crippen LogP) is -0.265. The smallest absolute Gasteiger partial charge is 0.224 e. The molecule has 0 saturated carbocycles. The summed E-state index contributed by atoms with van der Waals surface area (Å²) in [5.74, 6) is 0.238. The van der Waals surface area contributed by atoms with Gasteiger partial charge in [-0.05, 0) is 18.9 Å². The molecule has 1 aliphatic heterocycles. The lowest BCUT2D eigenvalue weighted by molar-refractivity contribution is -0.117. The first-order chi connectivity index (χ1) is 6.11. The van der Waals surface area contributed by atoms with Gasteiger partial charge in [0, 0.05) is 6.54 Å². The van der Waals surface area contributed by atoms with E-state index in [2.05, 4.69) is 0 Å². The number of primary amides is 1. The topological polar surface area (TPSA) is 96.2 Å². The number of hydrogen-bond donors (Lipinski definition) is 3. The molecule has 1 heterocycles. The van der Waals surface area contributed by atoms with E-state index >= 15 is 0 Å². The number of nitrogens with zero attached hydrogens (tertiary/aromatic N) is 1. The lowest BCUT2D eigenvalue weighted by atomic mass is 10.2. The van der Waals surface area contributed by atoms with Crippen LogP contribution in [-0.4, -0.2) is 23.2 Å². The number of amidine groups is 1. The second kappa shape index (κ2) is 3.93. The molecule has 0 spiro atoms. The second-order valence-electron chi connectivity index (χ2n) is 3.01. The van der Waals surface area contributed by atoms with E-state index in [9.17, 15) is 4.79 Å². The number of nitrogens with two attached hydrogens (primary N) is 2. The Morgan fingerprint density at radius 3 is 2.92 bits per heavy atom. The Kier molecular flexibility index (Phi) is 2.89. The summed E-state index contributed by atoms with van der Waals surface area (Å²) >= 11 is 0. The van der Waals surface area contributed by atoms with Gasteiger partial charge in [-0.3, -0.25) is 10.2 Å². The minimum atomic E-state index is -0.497. The van der Waals surface area contributed by atoms with Crippen molar-refractivity contribution in [2.24, 2.45) is 11.5 Å². The van der Waals surface area contributed by atoms with E-state index in [1.165, 1.54) is 0 Å². The molecule has 1 amide bonds. The molecule has 0 bridgehead atoms. The van der Waals surface area contributed by atoms with Gasteiger partial charge in [0.15, 0.2) is 0 Å². The minimum absolute atomic E-state index is 0.0471. The molecule has 5 nitrogen and oxygen atoms in total. The Labute approximate surface area is 76.9 Å². The van der Waals surface area contributed by atoms with Crippen molar-refractivity contribution >= 4 is 11.7 Å². The molecule has 1 rings (SSSR count). The van der Waals surface area contributed by atoms with E-state index in [0.717, 1.165) is 12.8 Å². The van der Waals surface area contributed by atoms with Gasteiger partial charge >= 0.3 is 0 Å². The standard InChI is InChI=1S/C8H14N4O/c9-6-3-1-2-4-12(6)7(10)5-8(11)13/h3,10H,1-2,4-5,9H2,(H2,11,13). The number of rotatable bonds is 2. The summed E-state index contributed by atoms with van der Waals surface area (Å²) in [5.41, 5.74) is 10.6. The van der Waals surface area contributed by atoms with Gasteiger partial charge < -0.3 is 16.4 Å². The maximum absolute atomic E-state index is 10.6. The molecule has 0 radical (unpaired) electrons. The molecule has 5 heteroatoms. The van der Waals surface area contributed by atoms with Crippen LogP contribution in [0, 0.1) is 5.41 Å². The van der Waals surface area contributed by atoms with Crippen LogP contribution in [0.3, 0.4) is 0 Å². The number of nitrogens with one attached hydrogen (secondary N) is 1. The monoisotopic (exact) mass is 182 g/mol. The zero-order valence-corrected chi connectivity index (χ0v) is 7.42. The number of amides is 1. The zero-order chi connectivity index (χ0) is 9.84. The van der Waals surface area contributed by atoms with Gasteiger partial charge in [0.2, 0.25) is 5.91 Å². The van der Waals surface area contributed by atoms with Crippen molar-refractivity contribution in [1.29, 1.82) is 5.41 Å². The molecular formula is C8H14N4O. The summed E-state index contributed by atoms with van der Waals surface area (Å²) < 4.78 is 0. The van der Waals surface area contributed by atoms with Crippen molar-refractivity contribution in [3.05, 3.63) is 11.9 Å². The van der Waals surface area contributed by atoms with Crippen LogP contribution < -0.4 is 11.5 Å². The van der Waals surface area contributed by atoms with Gasteiger partial charge in [-0.1, -0.05) is 0 Å². The Morgan fingerprint density at radius 1 is 1.69 bits per heavy atom. The first-order valence-corrected chi connectivity index (χ1v) is 4.20. The fourth-order valence-corrected chi connectivity index (χ4v) is 1.29. The zero-order valence-electron chi connectivity index (χ0n) is 7.42. The summed E-state index contributed by atoms with van der Waals surface area (Å²) in [7, 11) is 0. The molecule has 1 aliphatic rings. The van der Waals surface area contributed by atoms with Crippen LogP contribution in [0.4, 0.5) is 0 Å². The van der Waals surface area contributed by atoms with Crippen LogP contribution in [0.2, 0.25) is 0 Å². The van der Waals surface area contributed by atoms with Gasteiger partial charge in [0.05, 0.1) is 12.2 Å². The van der Waals surface area contributed by atoms with Gasteiger partial charge in [-0.2, -0.15) is 0 Å². The molecule has 0 unspecified atom stereocenters. The number of allylic oxidation sites excluding steroid dienone is 1. The summed E-state index contributed by atoms with van der Waals surface area (Å²) in [6.45, 7) is 0.703. The number of carbonyl (C=O) groups is 1. The van der Waals surface area contributed by atoms with Crippen LogP contribution in [0.5, 0.6) is 0 Å². The van der Waals surface area contributed by atoms with Gasteiger partial charge in [-0.15, -0.1) is 0 Å². The van der Waals surface area contributed by atoms with Crippen LogP contribution in [0.25, 0.3) is 0 Å². The Bertz CT molecular complexity index is 259. The van der Waals surface area contributed by atoms with Crippen molar-refractivity contribution in [2.75, 3.05) is 6.54 Å². The highest BCUT2D eigenvalue weighted by atomic mass is 16.1. The van der Waals surface area contributed by atoms with Gasteiger partial charge in [-0.25, -0.2) is 0 Å². The third-order valence-electron chi connectivity index (χ3n) is 1.92. The fourth-order valence-electron chi connectivity index (χ4n) is 1.29. The second-order valence-corrected chi connectivity index (χ2v) is 3.01. The van der Waals surface area contributed by atoms with E-state index in [0.29, 0.717) is 12.4 Å². The third-order valence-corrected chi connectivity index (χ3v) is 1.92. The van der Waals surface area contributed by atoms with E-state index in [-0.39, 0.29) is 12.3 Å². The van der Waals surface area contributed by atoms with Gasteiger partial charge in [0.25, 0.3) is 0 Å². The largest absolute Gasteiger partial charge is 0.385 e. The van der Waals surface area contributed by atoms with E-state index in [1.54, 1.807) is 4.90 Å². The number of hydrogen-bond acceptors (Lipinski definition) is 3. The summed E-state index contributed by atoms with van der Waals surface area (Å²) in [5, 5.41) is 7.55. The molecule has 0 aromatic rings. The van der Waals surface area contributed by atoms with Crippen molar-refractivity contribution < 1.29 is 4.79 Å². The predicted molar refractivity (Wildman–Crippen MR) is 49.7 cm³/mol. The molecule has 0 fully saturated rings. The van der Waals surface area contributed by atoms with E-state index in [4.69, 9.17) is 16.9 Å². The van der Waals surface area contributed by atoms with E-state index < -0.39 is 5.91 Å². The summed E-state index contributed by atoms with van der Waals surface area (Å²) in [6, 6.07) is 0. The lowest BCUT2D eigenvalue weighted by Crippen LogP contribution is -2.38. The van der Waals surface area contributed by atoms with Gasteiger partial charge in [0.1, 0.15) is 5.84 Å². The highest BCUT2D eigenvalue weighted by molar-refractivity contribution is 5.98. The molecule has 0 aromatic heterocycles. The normalized spacial score (nSPS) is 16.6. The Morgan fingerprint density at radius 2 is 2.38 bits per heavy atom. The molecular weight excluding hydrogens is 168 g/mol. The average Bonchev–Trinajstić information content (AvgIpc) is 2.03. The highest BCUT2D eigenvalue weighted by Crippen LogP contribution is 2.11. The van der Waals surface area contributed by atoms with Crippen LogP contribution in [0.1, 0.15) is 19.3 Å². The molecule has 5 N–H and O–H groups in total.